The number of hydrogen-bond donors (Lipinski definition) is 1. The lowest BCUT2D eigenvalue weighted by Crippen LogP contribution is -2.38. The fourth-order valence-electron chi connectivity index (χ4n) is 2.84. The molecule has 0 aromatic heterocycles. The van der Waals surface area contributed by atoms with Crippen LogP contribution in [0.1, 0.15) is 43.0 Å². The molecule has 4 nitrogen and oxygen atoms in total. The second-order valence-corrected chi connectivity index (χ2v) is 9.25. The van der Waals surface area contributed by atoms with Gasteiger partial charge in [-0.15, -0.1) is 0 Å². The number of carbonyl (C=O) groups excluding carboxylic acids is 1. The largest absolute Gasteiger partial charge is 0.444 e. The number of hydrogen-bond acceptors (Lipinski definition) is 3. The van der Waals surface area contributed by atoms with Crippen molar-refractivity contribution >= 4 is 45.8 Å². The molecular weight excluding hydrogens is 511 g/mol. The monoisotopic (exact) mass is 533 g/mol. The Kier molecular flexibility index (Phi) is 8.79. The van der Waals surface area contributed by atoms with E-state index in [1.54, 1.807) is 39.0 Å². The first-order chi connectivity index (χ1) is 14.8. The molecule has 0 radical (unpaired) electrons. The summed E-state index contributed by atoms with van der Waals surface area (Å²) in [6.45, 7) is 4.76. The van der Waals surface area contributed by atoms with Gasteiger partial charge in [0, 0.05) is 17.6 Å². The highest BCUT2D eigenvalue weighted by atomic mass is 79.9. The van der Waals surface area contributed by atoms with E-state index < -0.39 is 23.4 Å². The zero-order valence-corrected chi connectivity index (χ0v) is 20.2. The number of aliphatic hydroxyl groups is 1. The number of aliphatic hydroxyl groups excluding tert-OH is 1. The van der Waals surface area contributed by atoms with Gasteiger partial charge in [0.1, 0.15) is 5.60 Å². The zero-order valence-electron chi connectivity index (χ0n) is 17.8. The molecule has 0 saturated carbocycles. The topological polar surface area (TPSA) is 49.8 Å². The molecule has 1 N–H and O–H groups in total. The SMILES string of the molecule is CC(C)(C)OC(=O)N(CCO)Cc1ccc(C(F)(F)F)c(/C=C/c2cccc(Br)c2Cl)c1. The van der Waals surface area contributed by atoms with Gasteiger partial charge in [-0.3, -0.25) is 0 Å². The first-order valence-corrected chi connectivity index (χ1v) is 10.9. The summed E-state index contributed by atoms with van der Waals surface area (Å²) in [5, 5.41) is 9.68. The quantitative estimate of drug-likeness (QED) is 0.405. The number of halogens is 5. The summed E-state index contributed by atoms with van der Waals surface area (Å²) >= 11 is 9.50. The van der Waals surface area contributed by atoms with E-state index >= 15 is 0 Å². The van der Waals surface area contributed by atoms with Crippen molar-refractivity contribution in [2.45, 2.75) is 39.1 Å². The van der Waals surface area contributed by atoms with Crippen molar-refractivity contribution in [1.29, 1.82) is 0 Å². The highest BCUT2D eigenvalue weighted by Gasteiger charge is 2.33. The lowest BCUT2D eigenvalue weighted by Gasteiger charge is -2.27. The molecule has 0 spiro atoms. The molecule has 0 saturated heterocycles. The fraction of sp³-hybridized carbons (Fsp3) is 0.348. The normalized spacial score (nSPS) is 12.3. The molecule has 2 aromatic rings. The van der Waals surface area contributed by atoms with Gasteiger partial charge in [0.25, 0.3) is 0 Å². The average molecular weight is 535 g/mol. The van der Waals surface area contributed by atoms with E-state index in [9.17, 15) is 23.1 Å². The van der Waals surface area contributed by atoms with Crippen LogP contribution in [-0.4, -0.2) is 34.9 Å². The van der Waals surface area contributed by atoms with Crippen molar-refractivity contribution < 1.29 is 27.8 Å². The van der Waals surface area contributed by atoms with Crippen LogP contribution in [-0.2, 0) is 17.5 Å². The molecule has 0 heterocycles. The summed E-state index contributed by atoms with van der Waals surface area (Å²) in [4.78, 5) is 13.7. The van der Waals surface area contributed by atoms with Gasteiger partial charge in [-0.1, -0.05) is 42.0 Å². The van der Waals surface area contributed by atoms with Crippen molar-refractivity contribution in [3.05, 3.63) is 68.1 Å². The van der Waals surface area contributed by atoms with Crippen LogP contribution in [0, 0.1) is 0 Å². The Balaban J connectivity index is 2.40. The van der Waals surface area contributed by atoms with Crippen molar-refractivity contribution in [1.82, 2.24) is 4.90 Å². The molecule has 2 rings (SSSR count). The maximum absolute atomic E-state index is 13.6. The van der Waals surface area contributed by atoms with Gasteiger partial charge < -0.3 is 14.7 Å². The molecule has 0 unspecified atom stereocenters. The van der Waals surface area contributed by atoms with Crippen molar-refractivity contribution in [3.8, 4) is 0 Å². The van der Waals surface area contributed by atoms with Crippen LogP contribution in [0.15, 0.2) is 40.9 Å². The molecular formula is C23H24BrClF3NO3. The highest BCUT2D eigenvalue weighted by molar-refractivity contribution is 9.10. The van der Waals surface area contributed by atoms with E-state index in [2.05, 4.69) is 15.9 Å². The Bertz CT molecular complexity index is 987. The summed E-state index contributed by atoms with van der Waals surface area (Å²) in [6.07, 6.45) is -2.38. The zero-order chi connectivity index (χ0) is 24.1. The molecule has 0 aliphatic heterocycles. The summed E-state index contributed by atoms with van der Waals surface area (Å²) < 4.78 is 46.6. The van der Waals surface area contributed by atoms with Crippen molar-refractivity contribution in [2.24, 2.45) is 0 Å². The van der Waals surface area contributed by atoms with E-state index in [1.165, 1.54) is 29.2 Å². The van der Waals surface area contributed by atoms with E-state index in [-0.39, 0.29) is 25.3 Å². The van der Waals surface area contributed by atoms with Crippen molar-refractivity contribution in [3.63, 3.8) is 0 Å². The third kappa shape index (κ3) is 7.53. The molecule has 0 aliphatic rings. The van der Waals surface area contributed by atoms with Crippen LogP contribution in [0.2, 0.25) is 5.02 Å². The average Bonchev–Trinajstić information content (AvgIpc) is 2.66. The van der Waals surface area contributed by atoms with Crippen LogP contribution >= 0.6 is 27.5 Å². The maximum atomic E-state index is 13.6. The molecule has 0 bridgehead atoms. The lowest BCUT2D eigenvalue weighted by molar-refractivity contribution is -0.137. The summed E-state index contributed by atoms with van der Waals surface area (Å²) in [5.41, 5.74) is -0.622. The smallest absolute Gasteiger partial charge is 0.416 e. The van der Waals surface area contributed by atoms with Gasteiger partial charge in [0.15, 0.2) is 0 Å². The van der Waals surface area contributed by atoms with Crippen LogP contribution in [0.3, 0.4) is 0 Å². The van der Waals surface area contributed by atoms with Crippen LogP contribution in [0.5, 0.6) is 0 Å². The Morgan fingerprint density at radius 1 is 1.16 bits per heavy atom. The summed E-state index contributed by atoms with van der Waals surface area (Å²) in [5.74, 6) is 0. The highest BCUT2D eigenvalue weighted by Crippen LogP contribution is 2.34. The van der Waals surface area contributed by atoms with Gasteiger partial charge in [-0.25, -0.2) is 4.79 Å². The molecule has 2 aromatic carbocycles. The number of amides is 1. The molecule has 174 valence electrons. The van der Waals surface area contributed by atoms with Crippen LogP contribution < -0.4 is 0 Å². The lowest BCUT2D eigenvalue weighted by atomic mass is 10.0. The molecule has 32 heavy (non-hydrogen) atoms. The predicted octanol–water partition coefficient (Wildman–Crippen LogP) is 7.02. The number of ether oxygens (including phenoxy) is 1. The van der Waals surface area contributed by atoms with Gasteiger partial charge in [-0.2, -0.15) is 13.2 Å². The van der Waals surface area contributed by atoms with Gasteiger partial charge in [-0.05, 0) is 71.6 Å². The Labute approximate surface area is 198 Å². The van der Waals surface area contributed by atoms with E-state index in [1.807, 2.05) is 0 Å². The summed E-state index contributed by atoms with van der Waals surface area (Å²) in [7, 11) is 0. The first-order valence-electron chi connectivity index (χ1n) is 9.73. The van der Waals surface area contributed by atoms with Crippen LogP contribution in [0.25, 0.3) is 12.2 Å². The number of alkyl halides is 3. The number of benzene rings is 2. The third-order valence-electron chi connectivity index (χ3n) is 4.24. The third-order valence-corrected chi connectivity index (χ3v) is 5.55. The van der Waals surface area contributed by atoms with E-state index in [4.69, 9.17) is 16.3 Å². The first kappa shape index (κ1) is 26.2. The number of carbonyl (C=O) groups is 1. The Hall–Kier alpha value is -2.03. The maximum Gasteiger partial charge on any atom is 0.416 e. The second kappa shape index (κ2) is 10.7. The second-order valence-electron chi connectivity index (χ2n) is 8.02. The van der Waals surface area contributed by atoms with Crippen molar-refractivity contribution in [2.75, 3.05) is 13.2 Å². The molecule has 9 heteroatoms. The van der Waals surface area contributed by atoms with Crippen LogP contribution in [0.4, 0.5) is 18.0 Å². The fourth-order valence-corrected chi connectivity index (χ4v) is 3.41. The molecule has 0 atom stereocenters. The molecule has 0 fully saturated rings. The molecule has 1 amide bonds. The molecule has 0 aliphatic carbocycles. The standard InChI is InChI=1S/C23H24BrClF3NO3/c1-22(2,3)32-21(31)29(11-12-30)14-15-7-10-18(23(26,27)28)17(13-15)9-8-16-5-4-6-19(24)20(16)25/h4-10,13,30H,11-12,14H2,1-3H3/b9-8+. The van der Waals surface area contributed by atoms with Gasteiger partial charge in [0.05, 0.1) is 17.2 Å². The minimum atomic E-state index is -4.56. The Morgan fingerprint density at radius 3 is 2.41 bits per heavy atom. The van der Waals surface area contributed by atoms with Gasteiger partial charge in [0.2, 0.25) is 0 Å². The van der Waals surface area contributed by atoms with Gasteiger partial charge >= 0.3 is 12.3 Å². The predicted molar refractivity (Wildman–Crippen MR) is 123 cm³/mol. The summed E-state index contributed by atoms with van der Waals surface area (Å²) in [6, 6.07) is 8.79. The Morgan fingerprint density at radius 2 is 1.81 bits per heavy atom. The minimum absolute atomic E-state index is 0.0191. The number of nitrogens with zero attached hydrogens (tertiary/aromatic N) is 1. The minimum Gasteiger partial charge on any atom is -0.444 e. The number of rotatable bonds is 6. The van der Waals surface area contributed by atoms with E-state index in [0.717, 1.165) is 6.07 Å². The van der Waals surface area contributed by atoms with E-state index in [0.29, 0.717) is 20.6 Å².